The molecule has 5 rings (SSSR count). The molecule has 0 amide bonds. The van der Waals surface area contributed by atoms with Gasteiger partial charge in [0.05, 0.1) is 24.4 Å². The van der Waals surface area contributed by atoms with Crippen LogP contribution in [0.5, 0.6) is 5.75 Å². The van der Waals surface area contributed by atoms with Gasteiger partial charge in [0.2, 0.25) is 0 Å². The van der Waals surface area contributed by atoms with Crippen LogP contribution in [0, 0.1) is 0 Å². The number of benzene rings is 2. The van der Waals surface area contributed by atoms with Crippen LogP contribution in [0.3, 0.4) is 0 Å². The number of nitrogens with zero attached hydrogens (tertiary/aromatic N) is 5. The highest BCUT2D eigenvalue weighted by molar-refractivity contribution is 5.79. The number of pyridine rings is 2. The van der Waals surface area contributed by atoms with Crippen molar-refractivity contribution in [3.05, 3.63) is 78.5 Å². The zero-order chi connectivity index (χ0) is 19.6. The highest BCUT2D eigenvalue weighted by Gasteiger charge is 2.10. The Balaban J connectivity index is 1.51. The second-order valence-corrected chi connectivity index (χ2v) is 6.78. The van der Waals surface area contributed by atoms with E-state index in [0.717, 1.165) is 44.6 Å². The maximum absolute atomic E-state index is 5.62. The van der Waals surface area contributed by atoms with Gasteiger partial charge in [0.15, 0.2) is 5.65 Å². The molecule has 0 aliphatic rings. The number of aromatic nitrogens is 5. The van der Waals surface area contributed by atoms with E-state index >= 15 is 0 Å². The molecule has 2 aromatic carbocycles. The van der Waals surface area contributed by atoms with Crippen molar-refractivity contribution in [3.8, 4) is 17.0 Å². The van der Waals surface area contributed by atoms with Crippen molar-refractivity contribution in [1.82, 2.24) is 25.0 Å². The first-order valence-corrected chi connectivity index (χ1v) is 9.57. The summed E-state index contributed by atoms with van der Waals surface area (Å²) < 4.78 is 7.45. The first-order valence-electron chi connectivity index (χ1n) is 9.57. The summed E-state index contributed by atoms with van der Waals surface area (Å²) in [6.07, 6.45) is 1.80. The minimum Gasteiger partial charge on any atom is -0.494 e. The molecule has 0 aliphatic heterocycles. The maximum Gasteiger partial charge on any atom is 0.179 e. The van der Waals surface area contributed by atoms with E-state index in [9.17, 15) is 0 Å². The van der Waals surface area contributed by atoms with Crippen molar-refractivity contribution < 1.29 is 4.74 Å². The molecule has 0 saturated heterocycles. The average Bonchev–Trinajstić information content (AvgIpc) is 3.16. The Morgan fingerprint density at radius 1 is 0.931 bits per heavy atom. The molecule has 6 heteroatoms. The lowest BCUT2D eigenvalue weighted by molar-refractivity contribution is 0.340. The Bertz CT molecular complexity index is 1310. The van der Waals surface area contributed by atoms with Crippen LogP contribution < -0.4 is 4.74 Å². The molecule has 6 nitrogen and oxygen atoms in total. The fraction of sp³-hybridized carbons (Fsp3) is 0.130. The Labute approximate surface area is 167 Å². The maximum atomic E-state index is 5.62. The van der Waals surface area contributed by atoms with Gasteiger partial charge in [-0.1, -0.05) is 29.5 Å². The number of rotatable bonds is 5. The lowest BCUT2D eigenvalue weighted by atomic mass is 10.1. The number of fused-ring (bicyclic) bond motifs is 2. The molecule has 0 unspecified atom stereocenters. The van der Waals surface area contributed by atoms with Gasteiger partial charge >= 0.3 is 0 Å². The van der Waals surface area contributed by atoms with Crippen LogP contribution >= 0.6 is 0 Å². The average molecular weight is 381 g/mol. The molecule has 0 bridgehead atoms. The van der Waals surface area contributed by atoms with E-state index < -0.39 is 0 Å². The van der Waals surface area contributed by atoms with E-state index in [4.69, 9.17) is 9.72 Å². The normalized spacial score (nSPS) is 11.2. The Morgan fingerprint density at radius 3 is 2.79 bits per heavy atom. The van der Waals surface area contributed by atoms with E-state index in [2.05, 4.69) is 33.5 Å². The zero-order valence-electron chi connectivity index (χ0n) is 16.0. The van der Waals surface area contributed by atoms with Crippen molar-refractivity contribution >= 4 is 22.1 Å². The molecule has 142 valence electrons. The minimum absolute atomic E-state index is 0.594. The Morgan fingerprint density at radius 2 is 1.86 bits per heavy atom. The molecule has 3 aromatic heterocycles. The quantitative estimate of drug-likeness (QED) is 0.449. The molecule has 0 saturated carbocycles. The highest BCUT2D eigenvalue weighted by atomic mass is 16.5. The van der Waals surface area contributed by atoms with E-state index in [0.29, 0.717) is 13.2 Å². The number of hydrogen-bond acceptors (Lipinski definition) is 5. The topological polar surface area (TPSA) is 65.7 Å². The molecule has 0 spiro atoms. The van der Waals surface area contributed by atoms with Crippen molar-refractivity contribution in [2.24, 2.45) is 0 Å². The van der Waals surface area contributed by atoms with E-state index in [1.807, 2.05) is 60.1 Å². The standard InChI is InChI=1S/C23H19N5O/c1-2-29-19-7-3-5-18(14-19)21-10-11-22-23(25-21)28(27-26-22)15-16-8-9-20-17(13-16)6-4-12-24-20/h3-14H,2,15H2,1H3. The molecule has 5 aromatic rings. The minimum atomic E-state index is 0.594. The summed E-state index contributed by atoms with van der Waals surface area (Å²) >= 11 is 0. The van der Waals surface area contributed by atoms with Gasteiger partial charge in [-0.15, -0.1) is 5.10 Å². The van der Waals surface area contributed by atoms with Crippen molar-refractivity contribution in [1.29, 1.82) is 0 Å². The van der Waals surface area contributed by atoms with Gasteiger partial charge in [-0.2, -0.15) is 0 Å². The SMILES string of the molecule is CCOc1cccc(-c2ccc3nnn(Cc4ccc5ncccc5c4)c3n2)c1. The first-order chi connectivity index (χ1) is 14.3. The lowest BCUT2D eigenvalue weighted by Crippen LogP contribution is -2.03. The monoisotopic (exact) mass is 381 g/mol. The number of hydrogen-bond donors (Lipinski definition) is 0. The van der Waals surface area contributed by atoms with Crippen LogP contribution in [0.1, 0.15) is 12.5 Å². The fourth-order valence-corrected chi connectivity index (χ4v) is 3.43. The van der Waals surface area contributed by atoms with Crippen molar-refractivity contribution in [3.63, 3.8) is 0 Å². The van der Waals surface area contributed by atoms with Crippen LogP contribution in [0.15, 0.2) is 72.9 Å². The van der Waals surface area contributed by atoms with E-state index in [1.165, 1.54) is 0 Å². The van der Waals surface area contributed by atoms with Crippen LogP contribution in [0.25, 0.3) is 33.3 Å². The third kappa shape index (κ3) is 3.40. The molecular weight excluding hydrogens is 362 g/mol. The largest absolute Gasteiger partial charge is 0.494 e. The van der Waals surface area contributed by atoms with E-state index in [1.54, 1.807) is 6.20 Å². The van der Waals surface area contributed by atoms with Gasteiger partial charge in [-0.05, 0) is 55.0 Å². The predicted molar refractivity (Wildman–Crippen MR) is 113 cm³/mol. The summed E-state index contributed by atoms with van der Waals surface area (Å²) in [6, 6.07) is 22.1. The molecule has 0 atom stereocenters. The van der Waals surface area contributed by atoms with Gasteiger partial charge in [0.25, 0.3) is 0 Å². The van der Waals surface area contributed by atoms with Gasteiger partial charge in [0.1, 0.15) is 11.3 Å². The van der Waals surface area contributed by atoms with Gasteiger partial charge < -0.3 is 4.74 Å². The summed E-state index contributed by atoms with van der Waals surface area (Å²) in [5, 5.41) is 9.70. The molecule has 0 radical (unpaired) electrons. The number of ether oxygens (including phenoxy) is 1. The van der Waals surface area contributed by atoms with Crippen LogP contribution in [-0.2, 0) is 6.54 Å². The van der Waals surface area contributed by atoms with Crippen LogP contribution in [-0.4, -0.2) is 31.6 Å². The highest BCUT2D eigenvalue weighted by Crippen LogP contribution is 2.24. The van der Waals surface area contributed by atoms with Crippen molar-refractivity contribution in [2.45, 2.75) is 13.5 Å². The molecule has 0 fully saturated rings. The molecule has 0 N–H and O–H groups in total. The summed E-state index contributed by atoms with van der Waals surface area (Å²) in [5.74, 6) is 0.836. The summed E-state index contributed by atoms with van der Waals surface area (Å²) in [7, 11) is 0. The van der Waals surface area contributed by atoms with Gasteiger partial charge in [-0.25, -0.2) is 9.67 Å². The third-order valence-electron chi connectivity index (χ3n) is 4.80. The second kappa shape index (κ2) is 7.31. The zero-order valence-corrected chi connectivity index (χ0v) is 16.0. The van der Waals surface area contributed by atoms with E-state index in [-0.39, 0.29) is 0 Å². The smallest absolute Gasteiger partial charge is 0.179 e. The Kier molecular flexibility index (Phi) is 4.37. The molecule has 29 heavy (non-hydrogen) atoms. The molecule has 0 aliphatic carbocycles. The summed E-state index contributed by atoms with van der Waals surface area (Å²) in [4.78, 5) is 9.21. The molecular formula is C23H19N5O. The summed E-state index contributed by atoms with van der Waals surface area (Å²) in [6.45, 7) is 3.20. The fourth-order valence-electron chi connectivity index (χ4n) is 3.43. The first kappa shape index (κ1) is 17.3. The lowest BCUT2D eigenvalue weighted by Gasteiger charge is -2.07. The van der Waals surface area contributed by atoms with Crippen molar-refractivity contribution in [2.75, 3.05) is 6.61 Å². The predicted octanol–water partition coefficient (Wildman–Crippen LogP) is 4.49. The summed E-state index contributed by atoms with van der Waals surface area (Å²) in [5.41, 5.74) is 5.51. The molecule has 3 heterocycles. The van der Waals surface area contributed by atoms with Crippen LogP contribution in [0.4, 0.5) is 0 Å². The van der Waals surface area contributed by atoms with Gasteiger partial charge in [-0.3, -0.25) is 4.98 Å². The van der Waals surface area contributed by atoms with Gasteiger partial charge in [0, 0.05) is 17.1 Å². The Hall–Kier alpha value is -3.80. The second-order valence-electron chi connectivity index (χ2n) is 6.78. The third-order valence-corrected chi connectivity index (χ3v) is 4.80. The van der Waals surface area contributed by atoms with Crippen LogP contribution in [0.2, 0.25) is 0 Å².